The molecule has 0 bridgehead atoms. The Kier molecular flexibility index (Phi) is 12.3. The first kappa shape index (κ1) is 26.0. The summed E-state index contributed by atoms with van der Waals surface area (Å²) in [5.41, 5.74) is 2.14. The Hall–Kier alpha value is -1.98. The SMILES string of the molecule is CC.CCCC1=C[C](C(=O)C(C)C)[N+](C)=N1.CCCC1=C[C](C(C)=O)N=[N+]1C. The number of rotatable bonds is 7. The molecule has 0 atom stereocenters. The lowest BCUT2D eigenvalue weighted by molar-refractivity contribution is -0.528. The molecule has 2 rings (SSSR count). The molecule has 0 aromatic rings. The second kappa shape index (κ2) is 13.2. The van der Waals surface area contributed by atoms with Crippen LogP contribution in [-0.2, 0) is 9.59 Å². The number of allylic oxidation sites excluding steroid dienone is 2. The lowest BCUT2D eigenvalue weighted by Gasteiger charge is -2.02. The third-order valence-electron chi connectivity index (χ3n) is 4.06. The molecule has 2 aliphatic heterocycles. The first-order chi connectivity index (χ1) is 13.2. The summed E-state index contributed by atoms with van der Waals surface area (Å²) in [7, 11) is 3.70. The highest BCUT2D eigenvalue weighted by molar-refractivity contribution is 5.93. The van der Waals surface area contributed by atoms with Gasteiger partial charge < -0.3 is 0 Å². The standard InChI is InChI=1S/C11H18N2O.C9H14N2O.C2H6/c1-5-6-9-7-10(13(4)12-9)11(14)8(2)3;1-4-5-8-6-9(7(2)12)10-11(8)3;1-2/h7-8H,5-6H2,1-4H3;6H,4-5H2,1-3H3;1-2H3/q2*+1;. The minimum absolute atomic E-state index is 0.0351. The Bertz CT molecular complexity index is 657. The fourth-order valence-electron chi connectivity index (χ4n) is 2.60. The molecule has 2 aliphatic rings. The number of nitrogens with zero attached hydrogens (tertiary/aromatic N) is 4. The quantitative estimate of drug-likeness (QED) is 0.542. The number of ketones is 2. The predicted octanol–water partition coefficient (Wildman–Crippen LogP) is 5.46. The summed E-state index contributed by atoms with van der Waals surface area (Å²) in [4.78, 5) is 22.7. The first-order valence-corrected chi connectivity index (χ1v) is 10.3. The van der Waals surface area contributed by atoms with Crippen LogP contribution >= 0.6 is 0 Å². The van der Waals surface area contributed by atoms with Crippen LogP contribution in [0.25, 0.3) is 0 Å². The second-order valence-corrected chi connectivity index (χ2v) is 6.86. The van der Waals surface area contributed by atoms with Gasteiger partial charge in [-0.05, 0) is 30.0 Å². The van der Waals surface area contributed by atoms with Crippen LogP contribution in [0.2, 0.25) is 0 Å². The van der Waals surface area contributed by atoms with Crippen molar-refractivity contribution in [3.05, 3.63) is 35.6 Å². The average molecular weight is 391 g/mol. The maximum atomic E-state index is 11.7. The van der Waals surface area contributed by atoms with E-state index in [1.165, 1.54) is 6.92 Å². The van der Waals surface area contributed by atoms with E-state index in [2.05, 4.69) is 24.1 Å². The molecule has 0 aromatic heterocycles. The van der Waals surface area contributed by atoms with E-state index < -0.39 is 0 Å². The molecule has 0 aliphatic carbocycles. The van der Waals surface area contributed by atoms with Gasteiger partial charge in [-0.15, -0.1) is 0 Å². The fourth-order valence-corrected chi connectivity index (χ4v) is 2.60. The zero-order chi connectivity index (χ0) is 21.9. The van der Waals surface area contributed by atoms with Gasteiger partial charge in [-0.25, -0.2) is 0 Å². The molecule has 6 nitrogen and oxygen atoms in total. The molecular formula is C22H38N4O2+2. The highest BCUT2D eigenvalue weighted by Crippen LogP contribution is 2.24. The van der Waals surface area contributed by atoms with Crippen LogP contribution in [0.1, 0.15) is 74.1 Å². The molecule has 2 heterocycles. The summed E-state index contributed by atoms with van der Waals surface area (Å²) in [5, 5.41) is 8.40. The van der Waals surface area contributed by atoms with Crippen molar-refractivity contribution < 1.29 is 19.0 Å². The Morgan fingerprint density at radius 3 is 1.96 bits per heavy atom. The van der Waals surface area contributed by atoms with Crippen LogP contribution in [0.5, 0.6) is 0 Å². The molecule has 0 saturated carbocycles. The molecule has 0 spiro atoms. The topological polar surface area (TPSA) is 64.9 Å². The van der Waals surface area contributed by atoms with Gasteiger partial charge >= 0.3 is 6.04 Å². The van der Waals surface area contributed by atoms with Crippen molar-refractivity contribution in [2.45, 2.75) is 74.1 Å². The van der Waals surface area contributed by atoms with Gasteiger partial charge in [0.2, 0.25) is 17.5 Å². The normalized spacial score (nSPS) is 16.4. The highest BCUT2D eigenvalue weighted by Gasteiger charge is 2.36. The van der Waals surface area contributed by atoms with Crippen LogP contribution in [0.15, 0.2) is 33.8 Å². The van der Waals surface area contributed by atoms with Crippen molar-refractivity contribution in [3.8, 4) is 0 Å². The Morgan fingerprint density at radius 2 is 1.54 bits per heavy atom. The number of hydrogen-bond donors (Lipinski definition) is 0. The third-order valence-corrected chi connectivity index (χ3v) is 4.06. The molecule has 2 radical (unpaired) electrons. The summed E-state index contributed by atoms with van der Waals surface area (Å²) < 4.78 is 3.47. The summed E-state index contributed by atoms with van der Waals surface area (Å²) >= 11 is 0. The minimum Gasteiger partial charge on any atom is -0.296 e. The van der Waals surface area contributed by atoms with Crippen LogP contribution in [-0.4, -0.2) is 35.1 Å². The van der Waals surface area contributed by atoms with Gasteiger partial charge in [-0.2, -0.15) is 0 Å². The van der Waals surface area contributed by atoms with E-state index >= 15 is 0 Å². The minimum atomic E-state index is 0.0351. The van der Waals surface area contributed by atoms with Gasteiger partial charge in [0.05, 0.1) is 0 Å². The number of likely N-dealkylation sites (N-methyl/N-ethyl adjacent to an activating group) is 1. The number of Topliss-reactive ketones (excluding diaryl/α,β-unsaturated/α-hetero) is 2. The van der Waals surface area contributed by atoms with Gasteiger partial charge in [0.25, 0.3) is 0 Å². The lowest BCUT2D eigenvalue weighted by Crippen LogP contribution is -2.22. The van der Waals surface area contributed by atoms with Gasteiger partial charge in [-0.1, -0.05) is 57.4 Å². The molecule has 0 N–H and O–H groups in total. The fraction of sp³-hybridized carbons (Fsp3) is 0.636. The van der Waals surface area contributed by atoms with E-state index in [9.17, 15) is 9.59 Å². The average Bonchev–Trinajstić information content (AvgIpc) is 3.20. The van der Waals surface area contributed by atoms with Crippen molar-refractivity contribution in [1.82, 2.24) is 0 Å². The number of azo groups is 4. The molecule has 0 aromatic carbocycles. The maximum absolute atomic E-state index is 11.7. The molecule has 0 fully saturated rings. The second-order valence-electron chi connectivity index (χ2n) is 6.86. The van der Waals surface area contributed by atoms with E-state index in [1.807, 2.05) is 53.9 Å². The molecule has 0 unspecified atom stereocenters. The van der Waals surface area contributed by atoms with E-state index in [4.69, 9.17) is 0 Å². The number of hydrogen-bond acceptors (Lipinski definition) is 4. The Labute approximate surface area is 171 Å². The van der Waals surface area contributed by atoms with Crippen LogP contribution in [0, 0.1) is 18.0 Å². The zero-order valence-corrected chi connectivity index (χ0v) is 19.2. The van der Waals surface area contributed by atoms with Crippen molar-refractivity contribution in [2.75, 3.05) is 14.1 Å². The third kappa shape index (κ3) is 7.95. The first-order valence-electron chi connectivity index (χ1n) is 10.3. The van der Waals surface area contributed by atoms with Crippen LogP contribution in [0.3, 0.4) is 0 Å². The summed E-state index contributed by atoms with van der Waals surface area (Å²) in [6, 6.07) is 1.30. The Morgan fingerprint density at radius 1 is 0.964 bits per heavy atom. The largest absolute Gasteiger partial charge is 0.342 e. The summed E-state index contributed by atoms with van der Waals surface area (Å²) in [6.45, 7) is 13.6. The maximum Gasteiger partial charge on any atom is 0.342 e. The summed E-state index contributed by atoms with van der Waals surface area (Å²) in [5.74, 6) is 0.246. The van der Waals surface area contributed by atoms with E-state index in [0.717, 1.165) is 43.1 Å². The molecular weight excluding hydrogens is 352 g/mol. The monoisotopic (exact) mass is 390 g/mol. The number of carbonyl (C=O) groups is 2. The van der Waals surface area contributed by atoms with Gasteiger partial charge in [-0.3, -0.25) is 9.59 Å². The van der Waals surface area contributed by atoms with Gasteiger partial charge in [0.15, 0.2) is 19.9 Å². The molecule has 0 amide bonds. The van der Waals surface area contributed by atoms with Crippen molar-refractivity contribution in [2.24, 2.45) is 16.1 Å². The molecule has 6 heteroatoms. The Balaban J connectivity index is 0.000000483. The van der Waals surface area contributed by atoms with Gasteiger partial charge in [0, 0.05) is 24.5 Å². The highest BCUT2D eigenvalue weighted by atomic mass is 16.1. The van der Waals surface area contributed by atoms with Crippen molar-refractivity contribution in [1.29, 1.82) is 0 Å². The lowest BCUT2D eigenvalue weighted by atomic mass is 10.0. The summed E-state index contributed by atoms with van der Waals surface area (Å²) in [6.07, 6.45) is 7.84. The molecule has 156 valence electrons. The molecule has 28 heavy (non-hydrogen) atoms. The molecule has 0 saturated heterocycles. The number of carbonyl (C=O) groups excluding carboxylic acids is 2. The predicted molar refractivity (Wildman–Crippen MR) is 112 cm³/mol. The van der Waals surface area contributed by atoms with E-state index in [0.29, 0.717) is 6.04 Å². The smallest absolute Gasteiger partial charge is 0.296 e. The van der Waals surface area contributed by atoms with Crippen LogP contribution in [0.4, 0.5) is 0 Å². The van der Waals surface area contributed by atoms with Crippen molar-refractivity contribution >= 4 is 11.6 Å². The van der Waals surface area contributed by atoms with E-state index in [-0.39, 0.29) is 17.5 Å². The van der Waals surface area contributed by atoms with E-state index in [1.54, 1.807) is 9.39 Å². The van der Waals surface area contributed by atoms with Crippen LogP contribution < -0.4 is 0 Å². The van der Waals surface area contributed by atoms with Gasteiger partial charge in [0.1, 0.15) is 5.70 Å². The zero-order valence-electron chi connectivity index (χ0n) is 19.2. The van der Waals surface area contributed by atoms with Crippen molar-refractivity contribution in [3.63, 3.8) is 0 Å².